The van der Waals surface area contributed by atoms with Gasteiger partial charge in [0.1, 0.15) is 11.2 Å². The minimum atomic E-state index is -3.58. The second-order valence-corrected chi connectivity index (χ2v) is 5.83. The van der Waals surface area contributed by atoms with Crippen molar-refractivity contribution in [3.63, 3.8) is 0 Å². The van der Waals surface area contributed by atoms with Crippen molar-refractivity contribution in [1.82, 2.24) is 29.8 Å². The van der Waals surface area contributed by atoms with Crippen LogP contribution >= 0.6 is 0 Å². The molecule has 9 heteroatoms. The van der Waals surface area contributed by atoms with E-state index in [1.165, 1.54) is 18.7 Å². The maximum atomic E-state index is 12.1. The van der Waals surface area contributed by atoms with Crippen LogP contribution in [0.15, 0.2) is 35.9 Å². The van der Waals surface area contributed by atoms with Crippen molar-refractivity contribution in [2.45, 2.75) is 18.0 Å². The van der Waals surface area contributed by atoms with E-state index in [4.69, 9.17) is 0 Å². The second kappa shape index (κ2) is 6.55. The van der Waals surface area contributed by atoms with E-state index >= 15 is 0 Å². The van der Waals surface area contributed by atoms with Crippen LogP contribution < -0.4 is 10.0 Å². The van der Waals surface area contributed by atoms with Crippen molar-refractivity contribution in [1.29, 1.82) is 0 Å². The molecule has 0 unspecified atom stereocenters. The molecule has 0 fully saturated rings. The fraction of sp³-hybridized carbons (Fsp3) is 0.364. The van der Waals surface area contributed by atoms with Crippen LogP contribution in [0.5, 0.6) is 0 Å². The third-order valence-corrected chi connectivity index (χ3v) is 3.95. The Balaban J connectivity index is 2.01. The topological polar surface area (TPSA) is 102 Å². The second-order valence-electron chi connectivity index (χ2n) is 4.07. The molecule has 108 valence electrons. The first kappa shape index (κ1) is 14.6. The first-order chi connectivity index (χ1) is 9.62. The predicted molar refractivity (Wildman–Crippen MR) is 72.2 cm³/mol. The summed E-state index contributed by atoms with van der Waals surface area (Å²) in [4.78, 5) is 7.87. The standard InChI is InChI=1S/C11H16N6O2S/c1-12-4-5-17-8-11(7-15-17)20(18,19)16-6-10-2-3-13-9-14-10/h2-3,7-9,12,16H,4-6H2,1H3. The molecule has 0 atom stereocenters. The Morgan fingerprint density at radius 3 is 2.95 bits per heavy atom. The highest BCUT2D eigenvalue weighted by molar-refractivity contribution is 7.89. The molecule has 0 saturated carbocycles. The highest BCUT2D eigenvalue weighted by Gasteiger charge is 2.16. The first-order valence-corrected chi connectivity index (χ1v) is 7.52. The van der Waals surface area contributed by atoms with Gasteiger partial charge >= 0.3 is 0 Å². The molecule has 0 radical (unpaired) electrons. The van der Waals surface area contributed by atoms with Gasteiger partial charge in [0.25, 0.3) is 0 Å². The zero-order valence-electron chi connectivity index (χ0n) is 11.0. The van der Waals surface area contributed by atoms with E-state index in [1.807, 2.05) is 7.05 Å². The van der Waals surface area contributed by atoms with Gasteiger partial charge in [-0.05, 0) is 13.1 Å². The molecule has 8 nitrogen and oxygen atoms in total. The van der Waals surface area contributed by atoms with Gasteiger partial charge in [-0.2, -0.15) is 5.10 Å². The lowest BCUT2D eigenvalue weighted by atomic mass is 10.4. The zero-order chi connectivity index (χ0) is 14.4. The number of aromatic nitrogens is 4. The Labute approximate surface area is 117 Å². The third kappa shape index (κ3) is 3.83. The normalized spacial score (nSPS) is 11.7. The number of nitrogens with zero attached hydrogens (tertiary/aromatic N) is 4. The summed E-state index contributed by atoms with van der Waals surface area (Å²) in [5.74, 6) is 0. The number of nitrogens with one attached hydrogen (secondary N) is 2. The number of likely N-dealkylation sites (N-methyl/N-ethyl adjacent to an activating group) is 1. The van der Waals surface area contributed by atoms with Crippen LogP contribution in [-0.2, 0) is 23.1 Å². The van der Waals surface area contributed by atoms with E-state index in [2.05, 4.69) is 25.1 Å². The SMILES string of the molecule is CNCCn1cc(S(=O)(=O)NCc2ccncn2)cn1. The van der Waals surface area contributed by atoms with Crippen LogP contribution in [0.25, 0.3) is 0 Å². The van der Waals surface area contributed by atoms with Crippen LogP contribution in [-0.4, -0.2) is 41.8 Å². The van der Waals surface area contributed by atoms with E-state index in [0.717, 1.165) is 6.54 Å². The van der Waals surface area contributed by atoms with Crippen LogP contribution in [0.4, 0.5) is 0 Å². The molecule has 2 N–H and O–H groups in total. The molecule has 0 aromatic carbocycles. The van der Waals surface area contributed by atoms with Gasteiger partial charge in [0, 0.05) is 18.9 Å². The molecule has 0 aliphatic rings. The van der Waals surface area contributed by atoms with Crippen LogP contribution in [0.1, 0.15) is 5.69 Å². The Morgan fingerprint density at radius 2 is 2.25 bits per heavy atom. The summed E-state index contributed by atoms with van der Waals surface area (Å²) < 4.78 is 28.2. The monoisotopic (exact) mass is 296 g/mol. The highest BCUT2D eigenvalue weighted by atomic mass is 32.2. The number of hydrogen-bond acceptors (Lipinski definition) is 6. The molecule has 2 heterocycles. The minimum absolute atomic E-state index is 0.118. The summed E-state index contributed by atoms with van der Waals surface area (Å²) in [6, 6.07) is 1.65. The fourth-order valence-electron chi connectivity index (χ4n) is 1.51. The van der Waals surface area contributed by atoms with Crippen LogP contribution in [0.3, 0.4) is 0 Å². The highest BCUT2D eigenvalue weighted by Crippen LogP contribution is 2.07. The molecule has 20 heavy (non-hydrogen) atoms. The van der Waals surface area contributed by atoms with E-state index in [0.29, 0.717) is 12.2 Å². The van der Waals surface area contributed by atoms with Gasteiger partial charge in [-0.25, -0.2) is 23.1 Å². The van der Waals surface area contributed by atoms with Crippen LogP contribution in [0.2, 0.25) is 0 Å². The Hall–Kier alpha value is -1.84. The van der Waals surface area contributed by atoms with Crippen molar-refractivity contribution in [3.05, 3.63) is 36.7 Å². The molecule has 0 saturated heterocycles. The van der Waals surface area contributed by atoms with Gasteiger partial charge in [-0.15, -0.1) is 0 Å². The van der Waals surface area contributed by atoms with Crippen molar-refractivity contribution in [2.24, 2.45) is 0 Å². The van der Waals surface area contributed by atoms with Crippen molar-refractivity contribution >= 4 is 10.0 Å². The summed E-state index contributed by atoms with van der Waals surface area (Å²) >= 11 is 0. The van der Waals surface area contributed by atoms with Crippen molar-refractivity contribution < 1.29 is 8.42 Å². The van der Waals surface area contributed by atoms with Gasteiger partial charge in [0.15, 0.2) is 0 Å². The zero-order valence-corrected chi connectivity index (χ0v) is 11.8. The van der Waals surface area contributed by atoms with E-state index < -0.39 is 10.0 Å². The molecular weight excluding hydrogens is 280 g/mol. The predicted octanol–water partition coefficient (Wildman–Crippen LogP) is -0.629. The summed E-state index contributed by atoms with van der Waals surface area (Å²) in [6.45, 7) is 1.44. The summed E-state index contributed by atoms with van der Waals surface area (Å²) in [5.41, 5.74) is 0.603. The van der Waals surface area contributed by atoms with Crippen LogP contribution in [0, 0.1) is 0 Å². The smallest absolute Gasteiger partial charge is 0.244 e. The summed E-state index contributed by atoms with van der Waals surface area (Å²) in [7, 11) is -1.75. The molecule has 0 aliphatic heterocycles. The minimum Gasteiger partial charge on any atom is -0.318 e. The van der Waals surface area contributed by atoms with Gasteiger partial charge in [-0.1, -0.05) is 0 Å². The lowest BCUT2D eigenvalue weighted by Crippen LogP contribution is -2.23. The first-order valence-electron chi connectivity index (χ1n) is 6.03. The van der Waals surface area contributed by atoms with Gasteiger partial charge < -0.3 is 5.32 Å². The fourth-order valence-corrected chi connectivity index (χ4v) is 2.46. The Kier molecular flexibility index (Phi) is 4.77. The number of hydrogen-bond donors (Lipinski definition) is 2. The van der Waals surface area contributed by atoms with E-state index in [1.54, 1.807) is 16.9 Å². The van der Waals surface area contributed by atoms with Crippen molar-refractivity contribution in [3.8, 4) is 0 Å². The largest absolute Gasteiger partial charge is 0.318 e. The summed E-state index contributed by atoms with van der Waals surface area (Å²) in [6.07, 6.45) is 5.77. The Bertz CT molecular complexity index is 640. The van der Waals surface area contributed by atoms with E-state index in [9.17, 15) is 8.42 Å². The lowest BCUT2D eigenvalue weighted by molar-refractivity contribution is 0.575. The number of sulfonamides is 1. The quantitative estimate of drug-likeness (QED) is 0.705. The molecule has 0 spiro atoms. The van der Waals surface area contributed by atoms with Gasteiger partial charge in [-0.3, -0.25) is 4.68 Å². The molecule has 0 amide bonds. The lowest BCUT2D eigenvalue weighted by Gasteiger charge is -2.03. The maximum absolute atomic E-state index is 12.1. The molecule has 2 rings (SSSR count). The molecule has 2 aromatic heterocycles. The van der Waals surface area contributed by atoms with Gasteiger partial charge in [0.2, 0.25) is 10.0 Å². The molecular formula is C11H16N6O2S. The molecule has 2 aromatic rings. The molecule has 0 aliphatic carbocycles. The molecule has 0 bridgehead atoms. The average molecular weight is 296 g/mol. The van der Waals surface area contributed by atoms with E-state index in [-0.39, 0.29) is 11.4 Å². The Morgan fingerprint density at radius 1 is 1.40 bits per heavy atom. The average Bonchev–Trinajstić information content (AvgIpc) is 2.94. The third-order valence-electron chi connectivity index (χ3n) is 2.60. The maximum Gasteiger partial charge on any atom is 0.244 e. The number of rotatable bonds is 7. The summed E-state index contributed by atoms with van der Waals surface area (Å²) in [5, 5.41) is 6.98. The van der Waals surface area contributed by atoms with Gasteiger partial charge in [0.05, 0.1) is 25.0 Å². The van der Waals surface area contributed by atoms with Crippen molar-refractivity contribution in [2.75, 3.05) is 13.6 Å².